The van der Waals surface area contributed by atoms with Gasteiger partial charge in [-0.15, -0.1) is 0 Å². The Morgan fingerprint density at radius 3 is 2.15 bits per heavy atom. The second-order valence-corrected chi connectivity index (χ2v) is 8.73. The van der Waals surface area contributed by atoms with Gasteiger partial charge in [0.05, 0.1) is 6.54 Å². The summed E-state index contributed by atoms with van der Waals surface area (Å²) in [4.78, 5) is 40.5. The lowest BCUT2D eigenvalue weighted by atomic mass is 10.0. The van der Waals surface area contributed by atoms with E-state index in [1.807, 2.05) is 6.07 Å². The standard InChI is InChI=1S/C28H38F2N4O6/c1-4-34(17-25(38-5-2)39-6-3)27(36)23(15-20-12-13-21(29)22(30)14-20)32-26(35)24(16-31)33-28(37)40-18-19-10-8-7-9-11-19/h7-14,23-25H,4-6,15-18,31H2,1-3H3,(H,32,35)(H,33,37). The lowest BCUT2D eigenvalue weighted by molar-refractivity contribution is -0.160. The Kier molecular flexibility index (Phi) is 14.0. The fourth-order valence-corrected chi connectivity index (χ4v) is 3.81. The number of nitrogens with one attached hydrogen (secondary N) is 2. The first-order chi connectivity index (χ1) is 19.2. The number of carbonyl (C=O) groups excluding carboxylic acids is 3. The van der Waals surface area contributed by atoms with Crippen LogP contribution in [0, 0.1) is 11.6 Å². The third kappa shape index (κ3) is 10.5. The van der Waals surface area contributed by atoms with Crippen molar-refractivity contribution < 1.29 is 37.4 Å². The number of rotatable bonds is 16. The summed E-state index contributed by atoms with van der Waals surface area (Å²) in [5.41, 5.74) is 6.77. The van der Waals surface area contributed by atoms with Gasteiger partial charge >= 0.3 is 6.09 Å². The molecule has 10 nitrogen and oxygen atoms in total. The predicted octanol–water partition coefficient (Wildman–Crippen LogP) is 2.49. The van der Waals surface area contributed by atoms with Crippen LogP contribution in [0.5, 0.6) is 0 Å². The van der Waals surface area contributed by atoms with Gasteiger partial charge in [-0.05, 0) is 44.0 Å². The third-order valence-electron chi connectivity index (χ3n) is 5.86. The first kappa shape index (κ1) is 32.6. The Morgan fingerprint density at radius 1 is 0.900 bits per heavy atom. The number of ether oxygens (including phenoxy) is 3. The number of amides is 3. The topological polar surface area (TPSA) is 132 Å². The SMILES string of the molecule is CCOC(CN(CC)C(=O)C(Cc1ccc(F)c(F)c1)NC(=O)C(CN)NC(=O)OCc1ccccc1)OCC. The van der Waals surface area contributed by atoms with Crippen molar-refractivity contribution in [3.05, 3.63) is 71.3 Å². The molecule has 2 rings (SSSR count). The van der Waals surface area contributed by atoms with Crippen LogP contribution in [0.15, 0.2) is 48.5 Å². The monoisotopic (exact) mass is 564 g/mol. The number of benzene rings is 2. The number of halogens is 2. The van der Waals surface area contributed by atoms with Crippen LogP contribution in [0.25, 0.3) is 0 Å². The molecule has 4 N–H and O–H groups in total. The zero-order valence-electron chi connectivity index (χ0n) is 23.0. The molecule has 2 aromatic carbocycles. The quantitative estimate of drug-likeness (QED) is 0.267. The summed E-state index contributed by atoms with van der Waals surface area (Å²) in [6, 6.07) is 9.76. The first-order valence-electron chi connectivity index (χ1n) is 13.2. The van der Waals surface area contributed by atoms with Crippen molar-refractivity contribution in [3.8, 4) is 0 Å². The Hall–Kier alpha value is -3.61. The second kappa shape index (κ2) is 17.2. The van der Waals surface area contributed by atoms with E-state index in [0.29, 0.717) is 13.2 Å². The van der Waals surface area contributed by atoms with E-state index < -0.39 is 47.9 Å². The van der Waals surface area contributed by atoms with Crippen molar-refractivity contribution in [2.75, 3.05) is 32.8 Å². The highest BCUT2D eigenvalue weighted by Crippen LogP contribution is 2.13. The number of hydrogen-bond acceptors (Lipinski definition) is 7. The van der Waals surface area contributed by atoms with Crippen molar-refractivity contribution >= 4 is 17.9 Å². The Labute approximate surface area is 233 Å². The van der Waals surface area contributed by atoms with Gasteiger partial charge in [-0.3, -0.25) is 9.59 Å². The van der Waals surface area contributed by atoms with Crippen molar-refractivity contribution in [2.45, 2.75) is 52.2 Å². The molecule has 220 valence electrons. The molecule has 0 aromatic heterocycles. The number of hydrogen-bond donors (Lipinski definition) is 3. The van der Waals surface area contributed by atoms with Gasteiger partial charge in [-0.2, -0.15) is 0 Å². The van der Waals surface area contributed by atoms with E-state index in [2.05, 4.69) is 10.6 Å². The molecule has 40 heavy (non-hydrogen) atoms. The van der Waals surface area contributed by atoms with Crippen molar-refractivity contribution in [2.24, 2.45) is 5.73 Å². The predicted molar refractivity (Wildman–Crippen MR) is 144 cm³/mol. The van der Waals surface area contributed by atoms with Crippen LogP contribution < -0.4 is 16.4 Å². The number of nitrogens with two attached hydrogens (primary N) is 1. The molecular weight excluding hydrogens is 526 g/mol. The molecule has 0 aliphatic rings. The normalized spacial score (nSPS) is 12.5. The van der Waals surface area contributed by atoms with E-state index in [-0.39, 0.29) is 38.2 Å². The molecular formula is C28H38F2N4O6. The van der Waals surface area contributed by atoms with E-state index in [4.69, 9.17) is 19.9 Å². The van der Waals surface area contributed by atoms with E-state index in [9.17, 15) is 23.2 Å². The molecule has 0 saturated carbocycles. The second-order valence-electron chi connectivity index (χ2n) is 8.73. The summed E-state index contributed by atoms with van der Waals surface area (Å²) in [6.45, 7) is 6.07. The molecule has 2 unspecified atom stereocenters. The average Bonchev–Trinajstić information content (AvgIpc) is 2.95. The number of likely N-dealkylation sites (N-methyl/N-ethyl adjacent to an activating group) is 1. The van der Waals surface area contributed by atoms with Crippen LogP contribution >= 0.6 is 0 Å². The largest absolute Gasteiger partial charge is 0.445 e. The van der Waals surface area contributed by atoms with Crippen LogP contribution in [0.3, 0.4) is 0 Å². The number of alkyl carbamates (subject to hydrolysis) is 1. The van der Waals surface area contributed by atoms with Gasteiger partial charge in [-0.25, -0.2) is 13.6 Å². The Morgan fingerprint density at radius 2 is 1.57 bits per heavy atom. The average molecular weight is 565 g/mol. The molecule has 0 aliphatic carbocycles. The molecule has 2 atom stereocenters. The van der Waals surface area contributed by atoms with Crippen molar-refractivity contribution in [3.63, 3.8) is 0 Å². The van der Waals surface area contributed by atoms with Crippen LogP contribution in [0.2, 0.25) is 0 Å². The first-order valence-corrected chi connectivity index (χ1v) is 13.2. The van der Waals surface area contributed by atoms with E-state index >= 15 is 0 Å². The maximum absolute atomic E-state index is 13.9. The minimum absolute atomic E-state index is 0.0187. The summed E-state index contributed by atoms with van der Waals surface area (Å²) in [7, 11) is 0. The molecule has 0 spiro atoms. The van der Waals surface area contributed by atoms with Gasteiger partial charge in [0.15, 0.2) is 17.9 Å². The molecule has 0 saturated heterocycles. The Balaban J connectivity index is 2.18. The summed E-state index contributed by atoms with van der Waals surface area (Å²) < 4.78 is 43.7. The van der Waals surface area contributed by atoms with Gasteiger partial charge in [-0.1, -0.05) is 36.4 Å². The zero-order chi connectivity index (χ0) is 29.5. The molecule has 2 aromatic rings. The molecule has 0 bridgehead atoms. The molecule has 0 radical (unpaired) electrons. The van der Waals surface area contributed by atoms with Gasteiger partial charge in [0.25, 0.3) is 0 Å². The summed E-state index contributed by atoms with van der Waals surface area (Å²) in [5.74, 6) is -3.38. The lowest BCUT2D eigenvalue weighted by Crippen LogP contribution is -2.57. The third-order valence-corrected chi connectivity index (χ3v) is 5.86. The smallest absolute Gasteiger partial charge is 0.408 e. The maximum Gasteiger partial charge on any atom is 0.408 e. The Bertz CT molecular complexity index is 1090. The van der Waals surface area contributed by atoms with Crippen molar-refractivity contribution in [1.29, 1.82) is 0 Å². The molecule has 0 heterocycles. The molecule has 0 aliphatic heterocycles. The van der Waals surface area contributed by atoms with Gasteiger partial charge in [0, 0.05) is 32.7 Å². The number of carbonyl (C=O) groups is 3. The highest BCUT2D eigenvalue weighted by Gasteiger charge is 2.30. The van der Waals surface area contributed by atoms with Crippen LogP contribution in [0.1, 0.15) is 31.9 Å². The van der Waals surface area contributed by atoms with E-state index in [1.165, 1.54) is 11.0 Å². The highest BCUT2D eigenvalue weighted by atomic mass is 19.2. The minimum Gasteiger partial charge on any atom is -0.445 e. The zero-order valence-corrected chi connectivity index (χ0v) is 23.0. The number of nitrogens with zero attached hydrogens (tertiary/aromatic N) is 1. The maximum atomic E-state index is 13.9. The summed E-state index contributed by atoms with van der Waals surface area (Å²) in [6.07, 6.45) is -1.72. The summed E-state index contributed by atoms with van der Waals surface area (Å²) in [5, 5.41) is 5.00. The van der Waals surface area contributed by atoms with E-state index in [0.717, 1.165) is 17.7 Å². The van der Waals surface area contributed by atoms with Gasteiger partial charge in [0.1, 0.15) is 18.7 Å². The molecule has 0 fully saturated rings. The molecule has 12 heteroatoms. The highest BCUT2D eigenvalue weighted by molar-refractivity contribution is 5.91. The summed E-state index contributed by atoms with van der Waals surface area (Å²) >= 11 is 0. The fraction of sp³-hybridized carbons (Fsp3) is 0.464. The van der Waals surface area contributed by atoms with Crippen LogP contribution in [-0.4, -0.2) is 74.0 Å². The van der Waals surface area contributed by atoms with Crippen LogP contribution in [0.4, 0.5) is 13.6 Å². The fourth-order valence-electron chi connectivity index (χ4n) is 3.81. The minimum atomic E-state index is -1.22. The molecule has 3 amide bonds. The lowest BCUT2D eigenvalue weighted by Gasteiger charge is -2.30. The van der Waals surface area contributed by atoms with Crippen LogP contribution in [-0.2, 0) is 36.8 Å². The van der Waals surface area contributed by atoms with Gasteiger partial charge < -0.3 is 35.5 Å². The van der Waals surface area contributed by atoms with Crippen molar-refractivity contribution in [1.82, 2.24) is 15.5 Å². The van der Waals surface area contributed by atoms with Gasteiger partial charge in [0.2, 0.25) is 11.8 Å². The van der Waals surface area contributed by atoms with E-state index in [1.54, 1.807) is 45.0 Å².